The predicted octanol–water partition coefficient (Wildman–Crippen LogP) is 2.02. The molecule has 1 aromatic carbocycles. The summed E-state index contributed by atoms with van der Waals surface area (Å²) in [6.07, 6.45) is 4.10. The topological polar surface area (TPSA) is 35.3 Å². The molecule has 19 heavy (non-hydrogen) atoms. The van der Waals surface area contributed by atoms with Gasteiger partial charge in [-0.2, -0.15) is 4.58 Å². The summed E-state index contributed by atoms with van der Waals surface area (Å²) in [4.78, 5) is 0. The first-order valence-electron chi connectivity index (χ1n) is 6.86. The minimum atomic E-state index is -0.112. The minimum Gasteiger partial charge on any atom is -0.873 e. The normalized spacial score (nSPS) is 26.5. The Morgan fingerprint density at radius 2 is 2.11 bits per heavy atom. The van der Waals surface area contributed by atoms with Crippen LogP contribution in [0.25, 0.3) is 0 Å². The zero-order chi connectivity index (χ0) is 13.3. The molecular weight excluding hydrogens is 238 g/mol. The zero-order valence-electron chi connectivity index (χ0n) is 11.3. The summed E-state index contributed by atoms with van der Waals surface area (Å²) >= 11 is 0. The lowest BCUT2D eigenvalue weighted by molar-refractivity contribution is -0.562. The molecule has 1 aromatic rings. The highest BCUT2D eigenvalue weighted by molar-refractivity contribution is 5.79. The van der Waals surface area contributed by atoms with Crippen molar-refractivity contribution < 1.29 is 14.4 Å². The van der Waals surface area contributed by atoms with Crippen LogP contribution in [0.2, 0.25) is 0 Å². The van der Waals surface area contributed by atoms with Gasteiger partial charge in [0.15, 0.2) is 6.54 Å². The number of benzene rings is 1. The molecule has 0 bridgehead atoms. The maximum Gasteiger partial charge on any atom is 0.347 e. The first kappa shape index (κ1) is 12.3. The van der Waals surface area contributed by atoms with Gasteiger partial charge in [0.05, 0.1) is 11.7 Å². The molecule has 2 heterocycles. The second kappa shape index (κ2) is 4.72. The molecule has 2 aliphatic heterocycles. The van der Waals surface area contributed by atoms with Crippen LogP contribution in [0.3, 0.4) is 0 Å². The lowest BCUT2D eigenvalue weighted by Gasteiger charge is -2.36. The molecule has 0 radical (unpaired) electrons. The molecule has 0 fully saturated rings. The van der Waals surface area contributed by atoms with Crippen LogP contribution >= 0.6 is 0 Å². The van der Waals surface area contributed by atoms with E-state index in [1.807, 2.05) is 6.07 Å². The molecule has 0 aromatic heterocycles. The van der Waals surface area contributed by atoms with Gasteiger partial charge in [-0.3, -0.25) is 0 Å². The highest BCUT2D eigenvalue weighted by atomic mass is 16.5. The number of rotatable bonds is 2. The van der Waals surface area contributed by atoms with Crippen molar-refractivity contribution >= 4 is 5.90 Å². The van der Waals surface area contributed by atoms with Gasteiger partial charge in [-0.15, -0.1) is 0 Å². The molecule has 0 amide bonds. The Labute approximate surface area is 113 Å². The van der Waals surface area contributed by atoms with Crippen molar-refractivity contribution in [1.29, 1.82) is 0 Å². The fourth-order valence-corrected chi connectivity index (χ4v) is 3.13. The first-order chi connectivity index (χ1) is 9.17. The van der Waals surface area contributed by atoms with E-state index >= 15 is 0 Å². The van der Waals surface area contributed by atoms with Crippen molar-refractivity contribution in [3.8, 4) is 0 Å². The van der Waals surface area contributed by atoms with Crippen molar-refractivity contribution in [2.24, 2.45) is 5.41 Å². The van der Waals surface area contributed by atoms with E-state index in [9.17, 15) is 5.11 Å². The molecule has 3 rings (SSSR count). The summed E-state index contributed by atoms with van der Waals surface area (Å²) < 4.78 is 7.93. The number of nitrogens with zero attached hydrogens (tertiary/aromatic N) is 1. The van der Waals surface area contributed by atoms with E-state index in [0.29, 0.717) is 6.42 Å². The van der Waals surface area contributed by atoms with Crippen LogP contribution < -0.4 is 5.11 Å². The Balaban J connectivity index is 1.93. The summed E-state index contributed by atoms with van der Waals surface area (Å²) in [6, 6.07) is 10.4. The zero-order valence-corrected chi connectivity index (χ0v) is 11.3. The van der Waals surface area contributed by atoms with Crippen molar-refractivity contribution in [2.45, 2.75) is 32.7 Å². The second-order valence-corrected chi connectivity index (χ2v) is 5.76. The Morgan fingerprint density at radius 3 is 2.89 bits per heavy atom. The van der Waals surface area contributed by atoms with Crippen LogP contribution in [-0.2, 0) is 11.3 Å². The average molecular weight is 257 g/mol. The van der Waals surface area contributed by atoms with Crippen LogP contribution in [0.4, 0.5) is 0 Å². The summed E-state index contributed by atoms with van der Waals surface area (Å²) in [6.45, 7) is 4.00. The van der Waals surface area contributed by atoms with Crippen LogP contribution in [-0.4, -0.2) is 17.0 Å². The third-order valence-electron chi connectivity index (χ3n) is 4.04. The monoisotopic (exact) mass is 257 g/mol. The number of fused-ring (bicyclic) bond motifs is 1. The van der Waals surface area contributed by atoms with E-state index in [2.05, 4.69) is 35.8 Å². The molecule has 0 saturated heterocycles. The van der Waals surface area contributed by atoms with Gasteiger partial charge in [-0.05, 0) is 19.8 Å². The van der Waals surface area contributed by atoms with Crippen LogP contribution in [0.5, 0.6) is 0 Å². The quantitative estimate of drug-likeness (QED) is 0.760. The van der Waals surface area contributed by atoms with Crippen LogP contribution in [0, 0.1) is 5.41 Å². The predicted molar refractivity (Wildman–Crippen MR) is 71.4 cm³/mol. The standard InChI is InChI=1S/C16H19NO2/c1-16-8-5-9-17(11-13-6-3-2-4-7-13)15(16)19-12-14(18)10-16/h2-4,6-7,12H,5,8-11H2,1H3. The van der Waals surface area contributed by atoms with Gasteiger partial charge in [-0.25, -0.2) is 0 Å². The van der Waals surface area contributed by atoms with Gasteiger partial charge in [0.2, 0.25) is 0 Å². The number of hydrogen-bond donors (Lipinski definition) is 0. The van der Waals surface area contributed by atoms with E-state index in [-0.39, 0.29) is 11.2 Å². The van der Waals surface area contributed by atoms with Gasteiger partial charge >= 0.3 is 5.90 Å². The maximum absolute atomic E-state index is 11.6. The van der Waals surface area contributed by atoms with E-state index < -0.39 is 0 Å². The minimum absolute atomic E-state index is 0.104. The fraction of sp³-hybridized carbons (Fsp3) is 0.438. The van der Waals surface area contributed by atoms with E-state index in [1.54, 1.807) is 0 Å². The molecule has 2 aliphatic rings. The number of allylic oxidation sites excluding steroid dienone is 1. The van der Waals surface area contributed by atoms with E-state index in [1.165, 1.54) is 11.8 Å². The Kier molecular flexibility index (Phi) is 3.05. The number of ether oxygens (including phenoxy) is 1. The van der Waals surface area contributed by atoms with E-state index in [4.69, 9.17) is 4.74 Å². The molecule has 1 atom stereocenters. The largest absolute Gasteiger partial charge is 0.873 e. The first-order valence-corrected chi connectivity index (χ1v) is 6.86. The smallest absolute Gasteiger partial charge is 0.347 e. The molecule has 0 saturated carbocycles. The molecule has 1 unspecified atom stereocenters. The van der Waals surface area contributed by atoms with Crippen molar-refractivity contribution in [3.05, 3.63) is 47.9 Å². The summed E-state index contributed by atoms with van der Waals surface area (Å²) in [5, 5.41) is 11.6. The Morgan fingerprint density at radius 1 is 1.32 bits per heavy atom. The molecule has 100 valence electrons. The average Bonchev–Trinajstić information content (AvgIpc) is 2.39. The molecule has 0 spiro atoms. The summed E-state index contributed by atoms with van der Waals surface area (Å²) in [5.41, 5.74) is 1.17. The number of hydrogen-bond acceptors (Lipinski definition) is 2. The van der Waals surface area contributed by atoms with E-state index in [0.717, 1.165) is 31.8 Å². The summed E-state index contributed by atoms with van der Waals surface area (Å²) in [5.74, 6) is 1.08. The van der Waals surface area contributed by atoms with Crippen molar-refractivity contribution in [3.63, 3.8) is 0 Å². The lowest BCUT2D eigenvalue weighted by Crippen LogP contribution is -2.44. The van der Waals surface area contributed by atoms with Gasteiger partial charge in [0.1, 0.15) is 6.54 Å². The Bertz CT molecular complexity index is 533. The highest BCUT2D eigenvalue weighted by Gasteiger charge is 2.44. The molecule has 0 aliphatic carbocycles. The third-order valence-corrected chi connectivity index (χ3v) is 4.04. The van der Waals surface area contributed by atoms with Crippen LogP contribution in [0.1, 0.15) is 31.7 Å². The van der Waals surface area contributed by atoms with Gasteiger partial charge in [0, 0.05) is 12.0 Å². The molecule has 3 nitrogen and oxygen atoms in total. The van der Waals surface area contributed by atoms with Crippen molar-refractivity contribution in [2.75, 3.05) is 6.54 Å². The summed E-state index contributed by atoms with van der Waals surface area (Å²) in [7, 11) is 0. The van der Waals surface area contributed by atoms with Gasteiger partial charge in [0.25, 0.3) is 0 Å². The highest BCUT2D eigenvalue weighted by Crippen LogP contribution is 2.37. The molecule has 3 heteroatoms. The van der Waals surface area contributed by atoms with Gasteiger partial charge in [-0.1, -0.05) is 36.1 Å². The maximum atomic E-state index is 11.6. The molecule has 0 N–H and O–H groups in total. The SMILES string of the molecule is CC12CCC[N+](Cc3ccccc3)=C1OC=C([O-])C2. The Hall–Kier alpha value is -1.77. The van der Waals surface area contributed by atoms with Gasteiger partial charge < -0.3 is 9.84 Å². The second-order valence-electron chi connectivity index (χ2n) is 5.76. The van der Waals surface area contributed by atoms with Crippen LogP contribution in [0.15, 0.2) is 42.4 Å². The van der Waals surface area contributed by atoms with Crippen molar-refractivity contribution in [1.82, 2.24) is 0 Å². The fourth-order valence-electron chi connectivity index (χ4n) is 3.13. The molecular formula is C16H19NO2. The lowest BCUT2D eigenvalue weighted by atomic mass is 9.78. The third kappa shape index (κ3) is 2.37.